The first-order valence-corrected chi connectivity index (χ1v) is 11.2. The average Bonchev–Trinajstić information content (AvgIpc) is 3.23. The molecule has 0 radical (unpaired) electrons. The third-order valence-electron chi connectivity index (χ3n) is 3.44. The van der Waals surface area contributed by atoms with Crippen LogP contribution in [0.25, 0.3) is 21.3 Å². The maximum absolute atomic E-state index is 4.70. The smallest absolute Gasteiger partial charge is 0.181 e. The van der Waals surface area contributed by atoms with Crippen LogP contribution in [0.15, 0.2) is 49.4 Å². The Morgan fingerprint density at radius 2 is 1.84 bits per heavy atom. The molecule has 4 nitrogen and oxygen atoms in total. The molecule has 0 unspecified atom stereocenters. The summed E-state index contributed by atoms with van der Waals surface area (Å²) in [7, 11) is 0. The lowest BCUT2D eigenvalue weighted by Crippen LogP contribution is -1.91. The van der Waals surface area contributed by atoms with Gasteiger partial charge in [-0.25, -0.2) is 9.97 Å². The third-order valence-corrected chi connectivity index (χ3v) is 7.29. The second kappa shape index (κ2) is 7.41. The zero-order valence-electron chi connectivity index (χ0n) is 13.6. The summed E-state index contributed by atoms with van der Waals surface area (Å²) in [6.07, 6.45) is 0. The first-order chi connectivity index (χ1) is 12.2. The molecular formula is C17H14N4S4. The number of hydrogen-bond acceptors (Lipinski definition) is 8. The lowest BCUT2D eigenvalue weighted by Gasteiger charge is -2.05. The zero-order chi connectivity index (χ0) is 17.2. The van der Waals surface area contributed by atoms with E-state index in [0.717, 1.165) is 35.5 Å². The van der Waals surface area contributed by atoms with Crippen molar-refractivity contribution in [3.63, 3.8) is 0 Å². The normalized spacial score (nSPS) is 11.3. The SMILES string of the molecule is CCSc1nnc(Sc2nc(C)nc3scc(-c4ccccc4)c23)s1. The van der Waals surface area contributed by atoms with Gasteiger partial charge in [0.15, 0.2) is 8.68 Å². The van der Waals surface area contributed by atoms with Gasteiger partial charge >= 0.3 is 0 Å². The van der Waals surface area contributed by atoms with E-state index in [1.165, 1.54) is 11.1 Å². The molecule has 25 heavy (non-hydrogen) atoms. The molecule has 8 heteroatoms. The van der Waals surface area contributed by atoms with E-state index in [2.05, 4.69) is 51.8 Å². The average molecular weight is 403 g/mol. The van der Waals surface area contributed by atoms with Crippen LogP contribution in [-0.4, -0.2) is 25.9 Å². The number of nitrogens with zero attached hydrogens (tertiary/aromatic N) is 4. The monoisotopic (exact) mass is 402 g/mol. The van der Waals surface area contributed by atoms with Crippen LogP contribution >= 0.6 is 46.2 Å². The molecule has 0 atom stereocenters. The van der Waals surface area contributed by atoms with E-state index >= 15 is 0 Å². The van der Waals surface area contributed by atoms with Crippen molar-refractivity contribution in [2.75, 3.05) is 5.75 Å². The minimum atomic E-state index is 0.782. The highest BCUT2D eigenvalue weighted by Crippen LogP contribution is 2.41. The van der Waals surface area contributed by atoms with Crippen molar-refractivity contribution in [2.45, 2.75) is 27.6 Å². The van der Waals surface area contributed by atoms with Crippen molar-refractivity contribution in [1.82, 2.24) is 20.2 Å². The third kappa shape index (κ3) is 3.57. The Morgan fingerprint density at radius 1 is 1.04 bits per heavy atom. The van der Waals surface area contributed by atoms with Crippen molar-refractivity contribution < 1.29 is 0 Å². The summed E-state index contributed by atoms with van der Waals surface area (Å²) in [6.45, 7) is 4.05. The molecule has 0 aliphatic carbocycles. The summed E-state index contributed by atoms with van der Waals surface area (Å²) in [5.74, 6) is 1.78. The van der Waals surface area contributed by atoms with E-state index in [9.17, 15) is 0 Å². The summed E-state index contributed by atoms with van der Waals surface area (Å²) >= 11 is 6.57. The first kappa shape index (κ1) is 17.0. The quantitative estimate of drug-likeness (QED) is 0.311. The molecule has 3 aromatic heterocycles. The van der Waals surface area contributed by atoms with Crippen LogP contribution in [0.3, 0.4) is 0 Å². The van der Waals surface area contributed by atoms with Crippen LogP contribution in [0.2, 0.25) is 0 Å². The summed E-state index contributed by atoms with van der Waals surface area (Å²) in [5.41, 5.74) is 2.36. The van der Waals surface area contributed by atoms with Gasteiger partial charge in [-0.3, -0.25) is 0 Å². The second-order valence-corrected chi connectivity index (χ2v) is 9.72. The molecule has 4 aromatic rings. The first-order valence-electron chi connectivity index (χ1n) is 7.70. The van der Waals surface area contributed by atoms with E-state index < -0.39 is 0 Å². The number of aromatic nitrogens is 4. The van der Waals surface area contributed by atoms with Crippen molar-refractivity contribution in [2.24, 2.45) is 0 Å². The van der Waals surface area contributed by atoms with E-state index in [0.29, 0.717) is 0 Å². The fourth-order valence-corrected chi connectivity index (χ4v) is 6.49. The van der Waals surface area contributed by atoms with Crippen LogP contribution in [0.5, 0.6) is 0 Å². The molecule has 4 rings (SSSR count). The van der Waals surface area contributed by atoms with Gasteiger partial charge in [-0.05, 0) is 30.0 Å². The maximum atomic E-state index is 4.70. The highest BCUT2D eigenvalue weighted by atomic mass is 32.2. The molecule has 0 spiro atoms. The van der Waals surface area contributed by atoms with E-state index in [1.54, 1.807) is 46.2 Å². The van der Waals surface area contributed by atoms with Crippen molar-refractivity contribution in [1.29, 1.82) is 0 Å². The topological polar surface area (TPSA) is 51.6 Å². The number of thioether (sulfide) groups is 1. The molecule has 0 amide bonds. The van der Waals surface area contributed by atoms with Gasteiger partial charge < -0.3 is 0 Å². The Morgan fingerprint density at radius 3 is 2.64 bits per heavy atom. The number of hydrogen-bond donors (Lipinski definition) is 0. The molecule has 0 aliphatic rings. The highest BCUT2D eigenvalue weighted by Gasteiger charge is 2.17. The maximum Gasteiger partial charge on any atom is 0.181 e. The van der Waals surface area contributed by atoms with Gasteiger partial charge in [0.25, 0.3) is 0 Å². The lowest BCUT2D eigenvalue weighted by atomic mass is 10.1. The number of benzene rings is 1. The number of fused-ring (bicyclic) bond motifs is 1. The zero-order valence-corrected chi connectivity index (χ0v) is 16.9. The van der Waals surface area contributed by atoms with Gasteiger partial charge in [-0.1, -0.05) is 60.4 Å². The largest absolute Gasteiger partial charge is 0.226 e. The Kier molecular flexibility index (Phi) is 5.03. The summed E-state index contributed by atoms with van der Waals surface area (Å²) < 4.78 is 1.92. The molecule has 0 aliphatic heterocycles. The molecule has 0 saturated carbocycles. The van der Waals surface area contributed by atoms with Gasteiger partial charge in [0, 0.05) is 10.9 Å². The van der Waals surface area contributed by atoms with E-state index in [-0.39, 0.29) is 0 Å². The highest BCUT2D eigenvalue weighted by molar-refractivity contribution is 8.03. The standard InChI is InChI=1S/C17H14N4S4/c1-3-22-16-20-21-17(25-16)24-15-13-12(11-7-5-4-6-8-11)9-23-14(13)18-10(2)19-15/h4-9H,3H2,1-2H3. The van der Waals surface area contributed by atoms with Gasteiger partial charge in [0.2, 0.25) is 0 Å². The van der Waals surface area contributed by atoms with Crippen LogP contribution in [0, 0.1) is 6.92 Å². The summed E-state index contributed by atoms with van der Waals surface area (Å²) in [6, 6.07) is 10.4. The molecule has 3 heterocycles. The summed E-state index contributed by atoms with van der Waals surface area (Å²) in [4.78, 5) is 10.3. The molecule has 0 bridgehead atoms. The van der Waals surface area contributed by atoms with E-state index in [4.69, 9.17) is 4.98 Å². The molecule has 0 saturated heterocycles. The van der Waals surface area contributed by atoms with Crippen LogP contribution in [-0.2, 0) is 0 Å². The van der Waals surface area contributed by atoms with Gasteiger partial charge in [-0.2, -0.15) is 0 Å². The number of thiophene rings is 1. The molecule has 126 valence electrons. The van der Waals surface area contributed by atoms with Crippen LogP contribution in [0.4, 0.5) is 0 Å². The molecule has 0 fully saturated rings. The van der Waals surface area contributed by atoms with Crippen LogP contribution in [0.1, 0.15) is 12.7 Å². The fraction of sp³-hybridized carbons (Fsp3) is 0.176. The predicted molar refractivity (Wildman–Crippen MR) is 108 cm³/mol. The van der Waals surface area contributed by atoms with Gasteiger partial charge in [-0.15, -0.1) is 21.5 Å². The predicted octanol–water partition coefficient (Wildman–Crippen LogP) is 5.78. The minimum absolute atomic E-state index is 0.782. The van der Waals surface area contributed by atoms with Gasteiger partial charge in [0.05, 0.1) is 5.39 Å². The Balaban J connectivity index is 1.80. The van der Waals surface area contributed by atoms with Gasteiger partial charge in [0.1, 0.15) is 15.7 Å². The Hall–Kier alpha value is -1.48. The number of aryl methyl sites for hydroxylation is 1. The lowest BCUT2D eigenvalue weighted by molar-refractivity contribution is 0.950. The molecule has 0 N–H and O–H groups in total. The fourth-order valence-electron chi connectivity index (χ4n) is 2.42. The minimum Gasteiger partial charge on any atom is -0.226 e. The van der Waals surface area contributed by atoms with Crippen LogP contribution < -0.4 is 0 Å². The van der Waals surface area contributed by atoms with Crippen molar-refractivity contribution in [3.8, 4) is 11.1 Å². The Bertz CT molecular complexity index is 1010. The van der Waals surface area contributed by atoms with Crippen molar-refractivity contribution >= 4 is 56.4 Å². The summed E-state index contributed by atoms with van der Waals surface area (Å²) in [5, 5.41) is 12.8. The second-order valence-electron chi connectivity index (χ2n) is 5.14. The van der Waals surface area contributed by atoms with Crippen molar-refractivity contribution in [3.05, 3.63) is 41.5 Å². The number of rotatable bonds is 5. The molecular weight excluding hydrogens is 388 g/mol. The van der Waals surface area contributed by atoms with E-state index in [1.807, 2.05) is 13.0 Å². The molecule has 1 aromatic carbocycles. The Labute approximate surface area is 162 Å².